The highest BCUT2D eigenvalue weighted by atomic mass is 16.6. The number of nitrogens with one attached hydrogen (secondary N) is 1. The lowest BCUT2D eigenvalue weighted by atomic mass is 9.90. The standard InChI is InChI=1S/C21H25N3O4.CH4/c1-13-5-8-17(18(25)9-13)24-12-23-16-10-14(6-7-15(16)19(24)26)11-22-20(27)28-21(2,3)4;/h6-7,10,12,17H,1,5,8-9,11H2,2-4H3,(H,22,27);1H4. The van der Waals surface area contributed by atoms with Gasteiger partial charge in [0.25, 0.3) is 5.56 Å². The SMILES string of the molecule is C.C=C1CCC(n2cnc3cc(CNC(=O)OC(C)(C)C)ccc3c2=O)C(=O)C1. The summed E-state index contributed by atoms with van der Waals surface area (Å²) in [5, 5.41) is 3.13. The van der Waals surface area contributed by atoms with E-state index in [1.165, 1.54) is 10.9 Å². The van der Waals surface area contributed by atoms with Gasteiger partial charge in [0.05, 0.1) is 23.3 Å². The molecule has 1 aromatic heterocycles. The first-order valence-corrected chi connectivity index (χ1v) is 9.30. The van der Waals surface area contributed by atoms with Gasteiger partial charge in [0.1, 0.15) is 5.60 Å². The highest BCUT2D eigenvalue weighted by molar-refractivity contribution is 5.86. The van der Waals surface area contributed by atoms with Crippen LogP contribution in [0.1, 0.15) is 59.1 Å². The Morgan fingerprint density at radius 3 is 2.72 bits per heavy atom. The number of aromatic nitrogens is 2. The molecule has 1 N–H and O–H groups in total. The second kappa shape index (κ2) is 8.59. The first kappa shape index (κ1) is 22.3. The number of ether oxygens (including phenoxy) is 1. The van der Waals surface area contributed by atoms with E-state index < -0.39 is 17.7 Å². The van der Waals surface area contributed by atoms with Crippen molar-refractivity contribution in [3.8, 4) is 0 Å². The van der Waals surface area contributed by atoms with Crippen LogP contribution >= 0.6 is 0 Å². The molecule has 7 nitrogen and oxygen atoms in total. The molecule has 0 spiro atoms. The van der Waals surface area contributed by atoms with Crippen LogP contribution in [0.25, 0.3) is 10.9 Å². The van der Waals surface area contributed by atoms with Crippen LogP contribution in [-0.4, -0.2) is 27.0 Å². The average molecular weight is 399 g/mol. The molecule has 0 radical (unpaired) electrons. The smallest absolute Gasteiger partial charge is 0.407 e. The van der Waals surface area contributed by atoms with Crippen molar-refractivity contribution >= 4 is 22.8 Å². The van der Waals surface area contributed by atoms with Crippen molar-refractivity contribution in [3.05, 3.63) is 52.6 Å². The van der Waals surface area contributed by atoms with Crippen LogP contribution in [0.15, 0.2) is 41.5 Å². The second-order valence-corrected chi connectivity index (χ2v) is 8.11. The van der Waals surface area contributed by atoms with Crippen LogP contribution in [0.3, 0.4) is 0 Å². The fourth-order valence-electron chi connectivity index (χ4n) is 3.25. The zero-order chi connectivity index (χ0) is 20.5. The van der Waals surface area contributed by atoms with Crippen molar-refractivity contribution in [3.63, 3.8) is 0 Å². The van der Waals surface area contributed by atoms with Crippen LogP contribution < -0.4 is 10.9 Å². The number of hydrogen-bond donors (Lipinski definition) is 1. The molecule has 1 saturated carbocycles. The number of fused-ring (bicyclic) bond motifs is 1. The zero-order valence-corrected chi connectivity index (χ0v) is 16.4. The first-order valence-electron chi connectivity index (χ1n) is 9.30. The van der Waals surface area contributed by atoms with E-state index in [4.69, 9.17) is 4.74 Å². The molecule has 1 fully saturated rings. The number of hydrogen-bond acceptors (Lipinski definition) is 5. The largest absolute Gasteiger partial charge is 0.444 e. The van der Waals surface area contributed by atoms with Crippen LogP contribution in [0.5, 0.6) is 0 Å². The van der Waals surface area contributed by atoms with Crippen LogP contribution in [0.4, 0.5) is 4.79 Å². The Morgan fingerprint density at radius 2 is 2.07 bits per heavy atom. The van der Waals surface area contributed by atoms with Crippen molar-refractivity contribution in [2.75, 3.05) is 0 Å². The minimum Gasteiger partial charge on any atom is -0.444 e. The maximum Gasteiger partial charge on any atom is 0.407 e. The maximum atomic E-state index is 12.8. The summed E-state index contributed by atoms with van der Waals surface area (Å²) in [6, 6.07) is 4.71. The lowest BCUT2D eigenvalue weighted by Crippen LogP contribution is -2.33. The van der Waals surface area contributed by atoms with E-state index in [0.29, 0.717) is 23.7 Å². The lowest BCUT2D eigenvalue weighted by Gasteiger charge is -2.24. The lowest BCUT2D eigenvalue weighted by molar-refractivity contribution is -0.122. The normalized spacial score (nSPS) is 17.0. The van der Waals surface area contributed by atoms with Gasteiger partial charge in [0, 0.05) is 13.0 Å². The Bertz CT molecular complexity index is 1000. The number of Topliss-reactive ketones (excluding diaryl/α,β-unsaturated/α-hetero) is 1. The summed E-state index contributed by atoms with van der Waals surface area (Å²) in [4.78, 5) is 41.3. The molecule has 7 heteroatoms. The van der Waals surface area contributed by atoms with Gasteiger partial charge in [0.2, 0.25) is 0 Å². The Hall–Kier alpha value is -2.96. The number of nitrogens with zero attached hydrogens (tertiary/aromatic N) is 2. The highest BCUT2D eigenvalue weighted by Crippen LogP contribution is 2.27. The first-order chi connectivity index (χ1) is 13.1. The van der Waals surface area contributed by atoms with E-state index in [9.17, 15) is 14.4 Å². The Kier molecular flexibility index (Phi) is 6.62. The summed E-state index contributed by atoms with van der Waals surface area (Å²) in [6.07, 6.45) is 2.55. The molecule has 1 aliphatic carbocycles. The van der Waals surface area contributed by atoms with Gasteiger partial charge >= 0.3 is 6.09 Å². The zero-order valence-electron chi connectivity index (χ0n) is 16.4. The molecule has 1 aliphatic rings. The number of benzene rings is 1. The summed E-state index contributed by atoms with van der Waals surface area (Å²) >= 11 is 0. The van der Waals surface area contributed by atoms with Crippen molar-refractivity contribution in [1.82, 2.24) is 14.9 Å². The number of carbonyl (C=O) groups excluding carboxylic acids is 2. The van der Waals surface area contributed by atoms with Crippen LogP contribution in [0.2, 0.25) is 0 Å². The monoisotopic (exact) mass is 399 g/mol. The predicted octanol–water partition coefficient (Wildman–Crippen LogP) is 3.91. The number of carbonyl (C=O) groups is 2. The highest BCUT2D eigenvalue weighted by Gasteiger charge is 2.27. The average Bonchev–Trinajstić information content (AvgIpc) is 2.59. The quantitative estimate of drug-likeness (QED) is 0.791. The molecule has 3 rings (SSSR count). The fraction of sp³-hybridized carbons (Fsp3) is 0.455. The molecular formula is C22H29N3O4. The number of amides is 1. The third kappa shape index (κ3) is 5.31. The van der Waals surface area contributed by atoms with Gasteiger partial charge in [-0.3, -0.25) is 14.2 Å². The summed E-state index contributed by atoms with van der Waals surface area (Å²) in [7, 11) is 0. The molecule has 2 aromatic rings. The van der Waals surface area contributed by atoms with Crippen LogP contribution in [-0.2, 0) is 16.1 Å². The van der Waals surface area contributed by atoms with Gasteiger partial charge in [-0.2, -0.15) is 0 Å². The number of alkyl carbamates (subject to hydrolysis) is 1. The van der Waals surface area contributed by atoms with E-state index in [0.717, 1.165) is 17.6 Å². The molecule has 1 atom stereocenters. The maximum absolute atomic E-state index is 12.8. The molecule has 29 heavy (non-hydrogen) atoms. The molecule has 1 unspecified atom stereocenters. The molecule has 0 saturated heterocycles. The number of rotatable bonds is 3. The van der Waals surface area contributed by atoms with E-state index in [2.05, 4.69) is 16.9 Å². The van der Waals surface area contributed by atoms with Crippen LogP contribution in [0, 0.1) is 0 Å². The van der Waals surface area contributed by atoms with Gasteiger partial charge < -0.3 is 10.1 Å². The number of ketones is 1. The molecular weight excluding hydrogens is 370 g/mol. The van der Waals surface area contributed by atoms with E-state index >= 15 is 0 Å². The Morgan fingerprint density at radius 1 is 1.34 bits per heavy atom. The summed E-state index contributed by atoms with van der Waals surface area (Å²) in [5.74, 6) is -0.00215. The third-order valence-corrected chi connectivity index (χ3v) is 4.59. The van der Waals surface area contributed by atoms with Crippen molar-refractivity contribution in [1.29, 1.82) is 0 Å². The molecule has 156 valence electrons. The van der Waals surface area contributed by atoms with Gasteiger partial charge in [-0.05, 0) is 51.3 Å². The van der Waals surface area contributed by atoms with Gasteiger partial charge in [-0.15, -0.1) is 0 Å². The number of allylic oxidation sites excluding steroid dienone is 1. The predicted molar refractivity (Wildman–Crippen MR) is 113 cm³/mol. The fourth-order valence-corrected chi connectivity index (χ4v) is 3.25. The van der Waals surface area contributed by atoms with Gasteiger partial charge in [-0.25, -0.2) is 9.78 Å². The summed E-state index contributed by atoms with van der Waals surface area (Å²) in [6.45, 7) is 9.51. The van der Waals surface area contributed by atoms with E-state index in [1.54, 1.807) is 39.0 Å². The molecule has 0 aliphatic heterocycles. The second-order valence-electron chi connectivity index (χ2n) is 8.11. The Balaban J connectivity index is 0.00000300. The Labute approximate surface area is 170 Å². The van der Waals surface area contributed by atoms with E-state index in [-0.39, 0.29) is 25.3 Å². The van der Waals surface area contributed by atoms with Gasteiger partial charge in [0.15, 0.2) is 5.78 Å². The molecule has 1 aromatic carbocycles. The summed E-state index contributed by atoms with van der Waals surface area (Å²) in [5.41, 5.74) is 1.43. The van der Waals surface area contributed by atoms with Crippen molar-refractivity contribution < 1.29 is 14.3 Å². The van der Waals surface area contributed by atoms with Gasteiger partial charge in [-0.1, -0.05) is 25.6 Å². The van der Waals surface area contributed by atoms with Crippen molar-refractivity contribution in [2.45, 2.75) is 65.6 Å². The minimum atomic E-state index is -0.566. The topological polar surface area (TPSA) is 90.3 Å². The van der Waals surface area contributed by atoms with Crippen molar-refractivity contribution in [2.24, 2.45) is 0 Å². The summed E-state index contributed by atoms with van der Waals surface area (Å²) < 4.78 is 6.64. The minimum absolute atomic E-state index is 0. The van der Waals surface area contributed by atoms with E-state index in [1.807, 2.05) is 0 Å². The molecule has 0 bridgehead atoms. The molecule has 1 heterocycles. The molecule has 1 amide bonds. The third-order valence-electron chi connectivity index (χ3n) is 4.59.